The van der Waals surface area contributed by atoms with Gasteiger partial charge in [0, 0.05) is 17.3 Å². The number of hydrogen-bond acceptors (Lipinski definition) is 4. The maximum absolute atomic E-state index is 12.7. The van der Waals surface area contributed by atoms with E-state index in [1.807, 2.05) is 31.2 Å². The van der Waals surface area contributed by atoms with Crippen LogP contribution in [0.1, 0.15) is 13.3 Å². The van der Waals surface area contributed by atoms with E-state index in [4.69, 9.17) is 5.73 Å². The zero-order chi connectivity index (χ0) is 15.0. The van der Waals surface area contributed by atoms with E-state index in [2.05, 4.69) is 5.10 Å². The number of nitrogen functional groups attached to an aromatic ring is 1. The van der Waals surface area contributed by atoms with Crippen molar-refractivity contribution < 1.29 is 5.11 Å². The third-order valence-electron chi connectivity index (χ3n) is 3.64. The minimum atomic E-state index is -0.0522. The smallest absolute Gasteiger partial charge is 0.260 e. The molecular formula is C15H18N4O2. The topological polar surface area (TPSA) is 86.1 Å². The predicted molar refractivity (Wildman–Crippen MR) is 83.3 cm³/mol. The van der Waals surface area contributed by atoms with Crippen LogP contribution in [-0.4, -0.2) is 26.1 Å². The molecule has 6 nitrogen and oxygen atoms in total. The van der Waals surface area contributed by atoms with E-state index in [9.17, 15) is 9.90 Å². The normalized spacial score (nSPS) is 11.5. The molecule has 6 heteroatoms. The van der Waals surface area contributed by atoms with Crippen LogP contribution in [0.15, 0.2) is 29.1 Å². The number of aromatic nitrogens is 3. The van der Waals surface area contributed by atoms with Crippen molar-refractivity contribution in [1.82, 2.24) is 14.3 Å². The second kappa shape index (κ2) is 5.21. The van der Waals surface area contributed by atoms with Crippen molar-refractivity contribution in [2.45, 2.75) is 26.4 Å². The summed E-state index contributed by atoms with van der Waals surface area (Å²) in [6.07, 6.45) is 0.831. The summed E-state index contributed by atoms with van der Waals surface area (Å²) in [5.41, 5.74) is 6.70. The molecule has 0 radical (unpaired) electrons. The number of nitrogens with zero attached hydrogens (tertiary/aromatic N) is 3. The summed E-state index contributed by atoms with van der Waals surface area (Å²) in [4.78, 5) is 12.7. The SMILES string of the molecule is CCCn1c(=O)c2ccccc2c2c(N)nn(CCO)c21. The molecule has 0 bridgehead atoms. The Morgan fingerprint density at radius 1 is 1.24 bits per heavy atom. The Bertz CT molecular complexity index is 863. The van der Waals surface area contributed by atoms with E-state index in [1.54, 1.807) is 9.25 Å². The van der Waals surface area contributed by atoms with Crippen LogP contribution in [0, 0.1) is 0 Å². The van der Waals surface area contributed by atoms with E-state index < -0.39 is 0 Å². The van der Waals surface area contributed by atoms with Gasteiger partial charge in [0.1, 0.15) is 5.65 Å². The third kappa shape index (κ3) is 1.99. The van der Waals surface area contributed by atoms with Crippen molar-refractivity contribution in [3.63, 3.8) is 0 Å². The van der Waals surface area contributed by atoms with Crippen LogP contribution in [0.5, 0.6) is 0 Å². The van der Waals surface area contributed by atoms with Crippen molar-refractivity contribution in [2.24, 2.45) is 0 Å². The van der Waals surface area contributed by atoms with Gasteiger partial charge >= 0.3 is 0 Å². The number of nitrogens with two attached hydrogens (primary N) is 1. The van der Waals surface area contributed by atoms with Gasteiger partial charge in [-0.2, -0.15) is 5.10 Å². The summed E-state index contributed by atoms with van der Waals surface area (Å²) in [6.45, 7) is 2.87. The van der Waals surface area contributed by atoms with Crippen LogP contribution in [0.2, 0.25) is 0 Å². The lowest BCUT2D eigenvalue weighted by molar-refractivity contribution is 0.271. The Labute approximate surface area is 121 Å². The lowest BCUT2D eigenvalue weighted by Gasteiger charge is -2.11. The second-order valence-electron chi connectivity index (χ2n) is 5.03. The molecule has 3 aromatic rings. The number of aliphatic hydroxyl groups is 1. The molecule has 0 amide bonds. The number of hydrogen-bond donors (Lipinski definition) is 2. The van der Waals surface area contributed by atoms with Crippen LogP contribution in [0.4, 0.5) is 5.82 Å². The molecule has 2 aromatic heterocycles. The molecule has 0 atom stereocenters. The zero-order valence-corrected chi connectivity index (χ0v) is 11.9. The average molecular weight is 286 g/mol. The Morgan fingerprint density at radius 2 is 1.95 bits per heavy atom. The Balaban J connectivity index is 2.54. The van der Waals surface area contributed by atoms with E-state index in [0.717, 1.165) is 17.2 Å². The molecule has 0 fully saturated rings. The Morgan fingerprint density at radius 3 is 2.62 bits per heavy atom. The summed E-state index contributed by atoms with van der Waals surface area (Å²) in [6, 6.07) is 7.43. The molecule has 3 N–H and O–H groups in total. The molecule has 0 aliphatic rings. The molecule has 0 saturated carbocycles. The molecule has 110 valence electrons. The van der Waals surface area contributed by atoms with Gasteiger partial charge in [-0.05, 0) is 12.5 Å². The van der Waals surface area contributed by atoms with Crippen LogP contribution in [-0.2, 0) is 13.1 Å². The van der Waals surface area contributed by atoms with Crippen molar-refractivity contribution in [1.29, 1.82) is 0 Å². The lowest BCUT2D eigenvalue weighted by Crippen LogP contribution is -2.23. The summed E-state index contributed by atoms with van der Waals surface area (Å²) >= 11 is 0. The molecule has 0 spiro atoms. The fourth-order valence-electron chi connectivity index (χ4n) is 2.81. The molecular weight excluding hydrogens is 268 g/mol. The highest BCUT2D eigenvalue weighted by Gasteiger charge is 2.17. The van der Waals surface area contributed by atoms with Gasteiger partial charge in [-0.1, -0.05) is 25.1 Å². The monoisotopic (exact) mass is 286 g/mol. The maximum atomic E-state index is 12.7. The molecule has 0 aliphatic carbocycles. The highest BCUT2D eigenvalue weighted by Crippen LogP contribution is 2.27. The summed E-state index contributed by atoms with van der Waals surface area (Å²) in [7, 11) is 0. The van der Waals surface area contributed by atoms with Gasteiger partial charge in [0.15, 0.2) is 5.82 Å². The first-order valence-electron chi connectivity index (χ1n) is 7.07. The predicted octanol–water partition coefficient (Wildman–Crippen LogP) is 1.34. The fourth-order valence-corrected chi connectivity index (χ4v) is 2.81. The molecule has 2 heterocycles. The minimum absolute atomic E-state index is 0.0426. The van der Waals surface area contributed by atoms with E-state index in [0.29, 0.717) is 29.9 Å². The van der Waals surface area contributed by atoms with Gasteiger partial charge in [0.05, 0.1) is 18.5 Å². The highest BCUT2D eigenvalue weighted by atomic mass is 16.3. The maximum Gasteiger partial charge on any atom is 0.260 e. The van der Waals surface area contributed by atoms with E-state index in [1.165, 1.54) is 0 Å². The van der Waals surface area contributed by atoms with Crippen molar-refractivity contribution in [3.05, 3.63) is 34.6 Å². The summed E-state index contributed by atoms with van der Waals surface area (Å²) < 4.78 is 3.32. The number of aliphatic hydroxyl groups excluding tert-OH is 1. The van der Waals surface area contributed by atoms with Gasteiger partial charge in [0.25, 0.3) is 5.56 Å². The number of anilines is 1. The first-order chi connectivity index (χ1) is 10.2. The number of benzene rings is 1. The lowest BCUT2D eigenvalue weighted by atomic mass is 10.1. The van der Waals surface area contributed by atoms with Crippen LogP contribution < -0.4 is 11.3 Å². The first kappa shape index (κ1) is 13.6. The number of aryl methyl sites for hydroxylation is 1. The van der Waals surface area contributed by atoms with Crippen molar-refractivity contribution >= 4 is 27.6 Å². The first-order valence-corrected chi connectivity index (χ1v) is 7.07. The Kier molecular flexibility index (Phi) is 3.39. The van der Waals surface area contributed by atoms with E-state index >= 15 is 0 Å². The molecule has 0 aliphatic heterocycles. The largest absolute Gasteiger partial charge is 0.394 e. The van der Waals surface area contributed by atoms with Gasteiger partial charge in [-0.3, -0.25) is 9.36 Å². The van der Waals surface area contributed by atoms with E-state index in [-0.39, 0.29) is 12.2 Å². The van der Waals surface area contributed by atoms with Gasteiger partial charge < -0.3 is 10.8 Å². The van der Waals surface area contributed by atoms with Crippen molar-refractivity contribution in [3.8, 4) is 0 Å². The zero-order valence-electron chi connectivity index (χ0n) is 11.9. The molecule has 3 rings (SSSR count). The molecule has 0 unspecified atom stereocenters. The molecule has 0 saturated heterocycles. The highest BCUT2D eigenvalue weighted by molar-refractivity contribution is 6.09. The van der Waals surface area contributed by atoms with Crippen LogP contribution in [0.3, 0.4) is 0 Å². The van der Waals surface area contributed by atoms with Crippen LogP contribution >= 0.6 is 0 Å². The molecule has 1 aromatic carbocycles. The van der Waals surface area contributed by atoms with Crippen LogP contribution in [0.25, 0.3) is 21.8 Å². The molecule has 21 heavy (non-hydrogen) atoms. The minimum Gasteiger partial charge on any atom is -0.394 e. The second-order valence-corrected chi connectivity index (χ2v) is 5.03. The van der Waals surface area contributed by atoms with Crippen molar-refractivity contribution in [2.75, 3.05) is 12.3 Å². The number of rotatable bonds is 4. The van der Waals surface area contributed by atoms with Gasteiger partial charge in [-0.25, -0.2) is 4.68 Å². The fraction of sp³-hybridized carbons (Fsp3) is 0.333. The van der Waals surface area contributed by atoms with Gasteiger partial charge in [0.2, 0.25) is 0 Å². The number of pyridine rings is 1. The number of fused-ring (bicyclic) bond motifs is 3. The summed E-state index contributed by atoms with van der Waals surface area (Å²) in [5, 5.41) is 15.7. The van der Waals surface area contributed by atoms with Gasteiger partial charge in [-0.15, -0.1) is 0 Å². The average Bonchev–Trinajstić information content (AvgIpc) is 2.81. The standard InChI is InChI=1S/C15H18N4O2/c1-2-7-18-14-12(13(16)17-19(14)8-9-20)10-5-3-4-6-11(10)15(18)21/h3-6,20H,2,7-9H2,1H3,(H2,16,17). The Hall–Kier alpha value is -2.34. The summed E-state index contributed by atoms with van der Waals surface area (Å²) in [5.74, 6) is 0.388. The third-order valence-corrected chi connectivity index (χ3v) is 3.64. The quantitative estimate of drug-likeness (QED) is 0.757.